The van der Waals surface area contributed by atoms with Crippen molar-refractivity contribution in [1.82, 2.24) is 10.6 Å². The molecule has 1 fully saturated rings. The first-order valence-electron chi connectivity index (χ1n) is 7.63. The SMILES string of the molecule is CCSC(C(=O)NCC1(COC)CCNCC1)C(C)C. The topological polar surface area (TPSA) is 50.4 Å². The first-order chi connectivity index (χ1) is 9.54. The summed E-state index contributed by atoms with van der Waals surface area (Å²) in [5, 5.41) is 6.61. The number of rotatable bonds is 8. The second kappa shape index (κ2) is 8.90. The number of methoxy groups -OCH3 is 1. The fraction of sp³-hybridized carbons (Fsp3) is 0.933. The lowest BCUT2D eigenvalue weighted by molar-refractivity contribution is -0.122. The van der Waals surface area contributed by atoms with Crippen molar-refractivity contribution in [2.24, 2.45) is 11.3 Å². The number of amides is 1. The van der Waals surface area contributed by atoms with Gasteiger partial charge in [0.1, 0.15) is 0 Å². The van der Waals surface area contributed by atoms with Gasteiger partial charge in [0.05, 0.1) is 11.9 Å². The van der Waals surface area contributed by atoms with Crippen molar-refractivity contribution >= 4 is 17.7 Å². The van der Waals surface area contributed by atoms with E-state index in [0.717, 1.165) is 44.8 Å². The zero-order valence-electron chi connectivity index (χ0n) is 13.3. The minimum Gasteiger partial charge on any atom is -0.384 e. The number of ether oxygens (including phenoxy) is 1. The van der Waals surface area contributed by atoms with Gasteiger partial charge >= 0.3 is 0 Å². The number of hydrogen-bond donors (Lipinski definition) is 2. The molecule has 20 heavy (non-hydrogen) atoms. The zero-order chi connectivity index (χ0) is 15.0. The van der Waals surface area contributed by atoms with Gasteiger partial charge in [-0.15, -0.1) is 11.8 Å². The van der Waals surface area contributed by atoms with Crippen molar-refractivity contribution in [2.75, 3.05) is 39.1 Å². The van der Waals surface area contributed by atoms with Crippen molar-refractivity contribution in [1.29, 1.82) is 0 Å². The van der Waals surface area contributed by atoms with Gasteiger partial charge in [-0.1, -0.05) is 20.8 Å². The van der Waals surface area contributed by atoms with Crippen LogP contribution in [0.4, 0.5) is 0 Å². The Morgan fingerprint density at radius 2 is 2.05 bits per heavy atom. The van der Waals surface area contributed by atoms with Crippen LogP contribution in [0.5, 0.6) is 0 Å². The van der Waals surface area contributed by atoms with E-state index in [0.29, 0.717) is 5.92 Å². The van der Waals surface area contributed by atoms with Gasteiger partial charge in [0.2, 0.25) is 5.91 Å². The highest BCUT2D eigenvalue weighted by Gasteiger charge is 2.33. The number of carbonyl (C=O) groups is 1. The van der Waals surface area contributed by atoms with Crippen LogP contribution >= 0.6 is 11.8 Å². The normalized spacial score (nSPS) is 19.9. The molecule has 4 nitrogen and oxygen atoms in total. The predicted molar refractivity (Wildman–Crippen MR) is 86.2 cm³/mol. The maximum absolute atomic E-state index is 12.4. The molecule has 0 aromatic rings. The monoisotopic (exact) mass is 302 g/mol. The van der Waals surface area contributed by atoms with Gasteiger partial charge in [-0.25, -0.2) is 0 Å². The molecule has 0 saturated carbocycles. The highest BCUT2D eigenvalue weighted by Crippen LogP contribution is 2.28. The molecule has 1 saturated heterocycles. The third kappa shape index (κ3) is 5.26. The molecule has 0 aliphatic carbocycles. The molecule has 2 N–H and O–H groups in total. The molecule has 1 atom stereocenters. The Hall–Kier alpha value is -0.260. The summed E-state index contributed by atoms with van der Waals surface area (Å²) < 4.78 is 5.39. The summed E-state index contributed by atoms with van der Waals surface area (Å²) in [6, 6.07) is 0. The molecule has 118 valence electrons. The lowest BCUT2D eigenvalue weighted by Gasteiger charge is -2.37. The Labute approximate surface area is 127 Å². The Morgan fingerprint density at radius 1 is 1.40 bits per heavy atom. The third-order valence-corrected chi connectivity index (χ3v) is 5.41. The van der Waals surface area contributed by atoms with E-state index >= 15 is 0 Å². The third-order valence-electron chi connectivity index (χ3n) is 3.96. The van der Waals surface area contributed by atoms with E-state index in [1.165, 1.54) is 0 Å². The van der Waals surface area contributed by atoms with Crippen LogP contribution < -0.4 is 10.6 Å². The number of nitrogens with one attached hydrogen (secondary N) is 2. The lowest BCUT2D eigenvalue weighted by atomic mass is 9.79. The average molecular weight is 302 g/mol. The lowest BCUT2D eigenvalue weighted by Crippen LogP contribution is -2.49. The number of thioether (sulfide) groups is 1. The highest BCUT2D eigenvalue weighted by molar-refractivity contribution is 8.00. The maximum atomic E-state index is 12.4. The van der Waals surface area contributed by atoms with E-state index in [1.54, 1.807) is 18.9 Å². The Balaban J connectivity index is 2.55. The fourth-order valence-corrected chi connectivity index (χ4v) is 3.74. The van der Waals surface area contributed by atoms with E-state index in [-0.39, 0.29) is 16.6 Å². The van der Waals surface area contributed by atoms with Gasteiger partial charge in [-0.2, -0.15) is 0 Å². The molecule has 0 aromatic carbocycles. The molecule has 0 bridgehead atoms. The van der Waals surface area contributed by atoms with Crippen molar-refractivity contribution in [2.45, 2.75) is 38.9 Å². The molecule has 1 unspecified atom stereocenters. The standard InChI is InChI=1S/C15H30N2O2S/c1-5-20-13(12(2)3)14(18)17-10-15(11-19-4)6-8-16-9-7-15/h12-13,16H,5-11H2,1-4H3,(H,17,18). The number of hydrogen-bond acceptors (Lipinski definition) is 4. The molecule has 0 radical (unpaired) electrons. The van der Waals surface area contributed by atoms with E-state index in [1.807, 2.05) is 0 Å². The van der Waals surface area contributed by atoms with Crippen LogP contribution in [0.3, 0.4) is 0 Å². The van der Waals surface area contributed by atoms with Crippen molar-refractivity contribution in [3.05, 3.63) is 0 Å². The Morgan fingerprint density at radius 3 is 2.55 bits per heavy atom. The van der Waals surface area contributed by atoms with Crippen LogP contribution in [0, 0.1) is 11.3 Å². The van der Waals surface area contributed by atoms with Crippen LogP contribution in [-0.2, 0) is 9.53 Å². The van der Waals surface area contributed by atoms with Crippen LogP contribution in [0.25, 0.3) is 0 Å². The largest absolute Gasteiger partial charge is 0.384 e. The second-order valence-corrected chi connectivity index (χ2v) is 7.44. The molecule has 1 aliphatic rings. The van der Waals surface area contributed by atoms with E-state index in [9.17, 15) is 4.79 Å². The molecule has 1 rings (SSSR count). The van der Waals surface area contributed by atoms with Crippen molar-refractivity contribution in [3.63, 3.8) is 0 Å². The smallest absolute Gasteiger partial charge is 0.233 e. The van der Waals surface area contributed by atoms with Gasteiger partial charge in [0, 0.05) is 19.1 Å². The molecule has 1 amide bonds. The molecule has 0 aromatic heterocycles. The van der Waals surface area contributed by atoms with E-state index in [2.05, 4.69) is 31.4 Å². The summed E-state index contributed by atoms with van der Waals surface area (Å²) in [6.45, 7) is 9.81. The summed E-state index contributed by atoms with van der Waals surface area (Å²) in [5.74, 6) is 1.52. The molecule has 0 spiro atoms. The maximum Gasteiger partial charge on any atom is 0.233 e. The number of piperidine rings is 1. The fourth-order valence-electron chi connectivity index (χ4n) is 2.76. The van der Waals surface area contributed by atoms with Crippen molar-refractivity contribution < 1.29 is 9.53 Å². The van der Waals surface area contributed by atoms with Crippen LogP contribution in [0.2, 0.25) is 0 Å². The first kappa shape index (κ1) is 17.8. The van der Waals surface area contributed by atoms with Gasteiger partial charge in [0.25, 0.3) is 0 Å². The van der Waals surface area contributed by atoms with Gasteiger partial charge in [-0.05, 0) is 37.6 Å². The Kier molecular flexibility index (Phi) is 7.92. The minimum atomic E-state index is 0.0568. The highest BCUT2D eigenvalue weighted by atomic mass is 32.2. The summed E-state index contributed by atoms with van der Waals surface area (Å²) in [7, 11) is 1.75. The van der Waals surface area contributed by atoms with E-state index < -0.39 is 0 Å². The summed E-state index contributed by atoms with van der Waals surface area (Å²) in [6.07, 6.45) is 2.13. The molecular formula is C15H30N2O2S. The number of carbonyl (C=O) groups excluding carboxylic acids is 1. The molecule has 5 heteroatoms. The van der Waals surface area contributed by atoms with Gasteiger partial charge < -0.3 is 15.4 Å². The van der Waals surface area contributed by atoms with Crippen LogP contribution in [-0.4, -0.2) is 50.3 Å². The van der Waals surface area contributed by atoms with Gasteiger partial charge in [-0.3, -0.25) is 4.79 Å². The molecule has 1 heterocycles. The van der Waals surface area contributed by atoms with E-state index in [4.69, 9.17) is 4.74 Å². The summed E-state index contributed by atoms with van der Waals surface area (Å²) >= 11 is 1.74. The Bertz CT molecular complexity index is 286. The summed E-state index contributed by atoms with van der Waals surface area (Å²) in [5.41, 5.74) is 0.105. The van der Waals surface area contributed by atoms with Crippen LogP contribution in [0.1, 0.15) is 33.6 Å². The first-order valence-corrected chi connectivity index (χ1v) is 8.68. The zero-order valence-corrected chi connectivity index (χ0v) is 14.1. The minimum absolute atomic E-state index is 0.0568. The molecule has 1 aliphatic heterocycles. The average Bonchev–Trinajstić information content (AvgIpc) is 2.43. The second-order valence-electron chi connectivity index (χ2n) is 6.02. The quantitative estimate of drug-likeness (QED) is 0.719. The van der Waals surface area contributed by atoms with Crippen molar-refractivity contribution in [3.8, 4) is 0 Å². The molecular weight excluding hydrogens is 272 g/mol. The summed E-state index contributed by atoms with van der Waals surface area (Å²) in [4.78, 5) is 12.4. The predicted octanol–water partition coefficient (Wildman–Crippen LogP) is 1.90. The van der Waals surface area contributed by atoms with Gasteiger partial charge in [0.15, 0.2) is 0 Å². The van der Waals surface area contributed by atoms with Crippen LogP contribution in [0.15, 0.2) is 0 Å².